The van der Waals surface area contributed by atoms with Crippen LogP contribution in [-0.4, -0.2) is 22.6 Å². The van der Waals surface area contributed by atoms with Crippen molar-refractivity contribution in [3.05, 3.63) is 11.8 Å². The number of hydrogen-bond donors (Lipinski definition) is 3. The van der Waals surface area contributed by atoms with Crippen LogP contribution in [0.5, 0.6) is 0 Å². The lowest BCUT2D eigenvalue weighted by Gasteiger charge is -2.00. The maximum Gasteiger partial charge on any atom is 0.225 e. The van der Waals surface area contributed by atoms with E-state index in [1.807, 2.05) is 6.07 Å². The van der Waals surface area contributed by atoms with Crippen LogP contribution >= 0.6 is 0 Å². The van der Waals surface area contributed by atoms with Gasteiger partial charge >= 0.3 is 0 Å². The summed E-state index contributed by atoms with van der Waals surface area (Å²) < 4.78 is 0. The molecule has 5 heteroatoms. The van der Waals surface area contributed by atoms with Gasteiger partial charge in [0, 0.05) is 18.2 Å². The van der Waals surface area contributed by atoms with Crippen LogP contribution in [0.25, 0.3) is 0 Å². The number of nitrogens with one attached hydrogen (secondary N) is 2. The molecule has 1 rings (SSSR count). The van der Waals surface area contributed by atoms with Crippen LogP contribution in [0.4, 0.5) is 5.82 Å². The third kappa shape index (κ3) is 4.44. The number of aromatic amines is 1. The number of nitrogens with two attached hydrogens (primary N) is 1. The molecule has 0 aliphatic rings. The maximum absolute atomic E-state index is 11.4. The summed E-state index contributed by atoms with van der Waals surface area (Å²) in [5.41, 5.74) is 6.41. The highest BCUT2D eigenvalue weighted by Gasteiger charge is 2.05. The van der Waals surface area contributed by atoms with Crippen molar-refractivity contribution in [3.8, 4) is 0 Å². The number of amides is 1. The van der Waals surface area contributed by atoms with Gasteiger partial charge in [-0.2, -0.15) is 5.10 Å². The second-order valence-electron chi connectivity index (χ2n) is 3.82. The molecule has 0 aromatic carbocycles. The molecule has 0 unspecified atom stereocenters. The van der Waals surface area contributed by atoms with Gasteiger partial charge in [0.1, 0.15) is 0 Å². The monoisotopic (exact) mass is 224 g/mol. The minimum Gasteiger partial charge on any atom is -0.330 e. The number of aromatic nitrogens is 2. The minimum atomic E-state index is 0.00278. The summed E-state index contributed by atoms with van der Waals surface area (Å²) in [6.45, 7) is 2.74. The summed E-state index contributed by atoms with van der Waals surface area (Å²) >= 11 is 0. The third-order valence-electron chi connectivity index (χ3n) is 2.28. The van der Waals surface area contributed by atoms with E-state index in [2.05, 4.69) is 22.4 Å². The molecule has 0 atom stereocenters. The molecule has 1 amide bonds. The second kappa shape index (κ2) is 7.00. The van der Waals surface area contributed by atoms with Gasteiger partial charge in [0.25, 0.3) is 0 Å². The Morgan fingerprint density at radius 2 is 2.38 bits per heavy atom. The second-order valence-corrected chi connectivity index (χ2v) is 3.82. The van der Waals surface area contributed by atoms with Crippen LogP contribution < -0.4 is 11.1 Å². The number of unbranched alkanes of at least 4 members (excludes halogenated alkanes) is 1. The van der Waals surface area contributed by atoms with E-state index < -0.39 is 0 Å². The SMILES string of the molecule is CCCc1cc(NC(=O)CCCCN)n[nH]1. The zero-order valence-corrected chi connectivity index (χ0v) is 9.75. The van der Waals surface area contributed by atoms with Crippen molar-refractivity contribution in [2.75, 3.05) is 11.9 Å². The smallest absolute Gasteiger partial charge is 0.225 e. The van der Waals surface area contributed by atoms with Crippen molar-refractivity contribution < 1.29 is 4.79 Å². The van der Waals surface area contributed by atoms with Crippen LogP contribution in [0, 0.1) is 0 Å². The van der Waals surface area contributed by atoms with E-state index in [4.69, 9.17) is 5.73 Å². The Morgan fingerprint density at radius 3 is 3.06 bits per heavy atom. The van der Waals surface area contributed by atoms with Gasteiger partial charge < -0.3 is 11.1 Å². The van der Waals surface area contributed by atoms with E-state index in [9.17, 15) is 4.79 Å². The number of H-pyrrole nitrogens is 1. The van der Waals surface area contributed by atoms with Crippen molar-refractivity contribution in [1.29, 1.82) is 0 Å². The van der Waals surface area contributed by atoms with Crippen molar-refractivity contribution in [1.82, 2.24) is 10.2 Å². The first-order valence-electron chi connectivity index (χ1n) is 5.80. The summed E-state index contributed by atoms with van der Waals surface area (Å²) in [4.78, 5) is 11.4. The summed E-state index contributed by atoms with van der Waals surface area (Å²) in [6.07, 6.45) is 4.24. The highest BCUT2D eigenvalue weighted by Crippen LogP contribution is 2.08. The Labute approximate surface area is 95.8 Å². The lowest BCUT2D eigenvalue weighted by atomic mass is 10.2. The van der Waals surface area contributed by atoms with Gasteiger partial charge in [-0.3, -0.25) is 9.89 Å². The summed E-state index contributed by atoms with van der Waals surface area (Å²) in [6, 6.07) is 1.88. The summed E-state index contributed by atoms with van der Waals surface area (Å²) in [5.74, 6) is 0.615. The Hall–Kier alpha value is -1.36. The molecular formula is C11H20N4O. The van der Waals surface area contributed by atoms with E-state index in [0.29, 0.717) is 18.8 Å². The zero-order chi connectivity index (χ0) is 11.8. The Kier molecular flexibility index (Phi) is 5.56. The standard InChI is InChI=1S/C11H20N4O/c1-2-5-9-8-10(15-14-9)13-11(16)6-3-4-7-12/h8H,2-7,12H2,1H3,(H2,13,14,15,16). The molecule has 0 bridgehead atoms. The predicted molar refractivity (Wildman–Crippen MR) is 64.1 cm³/mol. The third-order valence-corrected chi connectivity index (χ3v) is 2.28. The minimum absolute atomic E-state index is 0.00278. The van der Waals surface area contributed by atoms with E-state index in [1.54, 1.807) is 0 Å². The maximum atomic E-state index is 11.4. The summed E-state index contributed by atoms with van der Waals surface area (Å²) in [5, 5.41) is 9.67. The fraction of sp³-hybridized carbons (Fsp3) is 0.636. The molecular weight excluding hydrogens is 204 g/mol. The van der Waals surface area contributed by atoms with Crippen LogP contribution in [0.2, 0.25) is 0 Å². The predicted octanol–water partition coefficient (Wildman–Crippen LogP) is 1.43. The van der Waals surface area contributed by atoms with Gasteiger partial charge in [-0.1, -0.05) is 13.3 Å². The average Bonchev–Trinajstić information content (AvgIpc) is 2.66. The van der Waals surface area contributed by atoms with Gasteiger partial charge in [-0.25, -0.2) is 0 Å². The molecule has 0 radical (unpaired) electrons. The number of carbonyl (C=O) groups is 1. The summed E-state index contributed by atoms with van der Waals surface area (Å²) in [7, 11) is 0. The van der Waals surface area contributed by atoms with Gasteiger partial charge in [0.15, 0.2) is 5.82 Å². The Balaban J connectivity index is 2.31. The molecule has 4 N–H and O–H groups in total. The average molecular weight is 224 g/mol. The largest absolute Gasteiger partial charge is 0.330 e. The molecule has 0 saturated heterocycles. The number of nitrogens with zero attached hydrogens (tertiary/aromatic N) is 1. The molecule has 16 heavy (non-hydrogen) atoms. The number of aryl methyl sites for hydroxylation is 1. The highest BCUT2D eigenvalue weighted by atomic mass is 16.1. The van der Waals surface area contributed by atoms with Gasteiger partial charge in [0.05, 0.1) is 0 Å². The lowest BCUT2D eigenvalue weighted by molar-refractivity contribution is -0.116. The molecule has 1 aromatic rings. The molecule has 1 heterocycles. The molecule has 1 aromatic heterocycles. The van der Waals surface area contributed by atoms with Crippen molar-refractivity contribution in [2.24, 2.45) is 5.73 Å². The zero-order valence-electron chi connectivity index (χ0n) is 9.75. The molecule has 0 aliphatic heterocycles. The van der Waals surface area contributed by atoms with Crippen LogP contribution in [-0.2, 0) is 11.2 Å². The normalized spacial score (nSPS) is 10.4. The van der Waals surface area contributed by atoms with Crippen molar-refractivity contribution in [3.63, 3.8) is 0 Å². The van der Waals surface area contributed by atoms with Crippen LogP contribution in [0.15, 0.2) is 6.07 Å². The highest BCUT2D eigenvalue weighted by molar-refractivity contribution is 5.89. The Bertz CT molecular complexity index is 322. The van der Waals surface area contributed by atoms with Gasteiger partial charge in [-0.05, 0) is 25.8 Å². The molecule has 5 nitrogen and oxygen atoms in total. The van der Waals surface area contributed by atoms with Gasteiger partial charge in [-0.15, -0.1) is 0 Å². The number of carbonyl (C=O) groups excluding carboxylic acids is 1. The van der Waals surface area contributed by atoms with E-state index >= 15 is 0 Å². The molecule has 90 valence electrons. The van der Waals surface area contributed by atoms with Crippen molar-refractivity contribution in [2.45, 2.75) is 39.0 Å². The Morgan fingerprint density at radius 1 is 1.56 bits per heavy atom. The molecule has 0 fully saturated rings. The van der Waals surface area contributed by atoms with E-state index in [1.165, 1.54) is 0 Å². The van der Waals surface area contributed by atoms with Gasteiger partial charge in [0.2, 0.25) is 5.91 Å². The number of hydrogen-bond acceptors (Lipinski definition) is 3. The fourth-order valence-corrected chi connectivity index (χ4v) is 1.46. The fourth-order valence-electron chi connectivity index (χ4n) is 1.46. The first kappa shape index (κ1) is 12.7. The quantitative estimate of drug-likeness (QED) is 0.612. The number of rotatable bonds is 7. The van der Waals surface area contributed by atoms with E-state index in [-0.39, 0.29) is 5.91 Å². The van der Waals surface area contributed by atoms with E-state index in [0.717, 1.165) is 31.4 Å². The number of anilines is 1. The molecule has 0 aliphatic carbocycles. The first-order valence-corrected chi connectivity index (χ1v) is 5.80. The van der Waals surface area contributed by atoms with Crippen LogP contribution in [0.3, 0.4) is 0 Å². The topological polar surface area (TPSA) is 83.8 Å². The molecule has 0 saturated carbocycles. The first-order chi connectivity index (χ1) is 7.76. The molecule has 0 spiro atoms. The lowest BCUT2D eigenvalue weighted by Crippen LogP contribution is -2.12. The van der Waals surface area contributed by atoms with Crippen molar-refractivity contribution >= 4 is 11.7 Å². The van der Waals surface area contributed by atoms with Crippen LogP contribution in [0.1, 0.15) is 38.3 Å².